The van der Waals surface area contributed by atoms with Crippen molar-refractivity contribution in [1.82, 2.24) is 15.3 Å². The monoisotopic (exact) mass is 555 g/mol. The standard InChI is InChI=1S/C32H30FN3O5/c1-4-40-32(39)26-24(16-19-7-13-22(33)14-8-19)35-29-27(31(38)36-28(29)18(2)3)25(26)20-9-11-21(12-10-20)30(37)34-17-23-6-5-15-41-23/h5-15,18,36,38H,4,16-17H2,1-3H3,(H,34,37). The van der Waals surface area contributed by atoms with E-state index in [9.17, 15) is 19.1 Å². The number of halogens is 1. The summed E-state index contributed by atoms with van der Waals surface area (Å²) >= 11 is 0. The van der Waals surface area contributed by atoms with E-state index in [-0.39, 0.29) is 48.7 Å². The van der Waals surface area contributed by atoms with Crippen LogP contribution in [0, 0.1) is 5.82 Å². The predicted molar refractivity (Wildman–Crippen MR) is 152 cm³/mol. The fourth-order valence-electron chi connectivity index (χ4n) is 4.83. The van der Waals surface area contributed by atoms with Crippen LogP contribution in [0.5, 0.6) is 5.88 Å². The van der Waals surface area contributed by atoms with Gasteiger partial charge in [0.1, 0.15) is 11.6 Å². The summed E-state index contributed by atoms with van der Waals surface area (Å²) in [6.45, 7) is 6.04. The number of hydrogen-bond donors (Lipinski definition) is 3. The Morgan fingerprint density at radius 3 is 2.46 bits per heavy atom. The molecule has 2 aromatic carbocycles. The summed E-state index contributed by atoms with van der Waals surface area (Å²) in [4.78, 5) is 34.1. The third kappa shape index (κ3) is 5.70. The molecule has 0 unspecified atom stereocenters. The number of hydrogen-bond acceptors (Lipinski definition) is 6. The van der Waals surface area contributed by atoms with Crippen molar-refractivity contribution in [3.63, 3.8) is 0 Å². The number of rotatable bonds is 9. The van der Waals surface area contributed by atoms with Crippen molar-refractivity contribution >= 4 is 22.8 Å². The zero-order chi connectivity index (χ0) is 29.1. The highest BCUT2D eigenvalue weighted by Gasteiger charge is 2.28. The zero-order valence-corrected chi connectivity index (χ0v) is 23.0. The highest BCUT2D eigenvalue weighted by Crippen LogP contribution is 2.42. The number of furan rings is 1. The number of ether oxygens (including phenoxy) is 1. The number of amides is 1. The number of aromatic hydroxyl groups is 1. The summed E-state index contributed by atoms with van der Waals surface area (Å²) in [5, 5.41) is 14.3. The summed E-state index contributed by atoms with van der Waals surface area (Å²) in [6.07, 6.45) is 1.77. The maximum absolute atomic E-state index is 13.6. The van der Waals surface area contributed by atoms with Gasteiger partial charge in [0.05, 0.1) is 41.6 Å². The normalized spacial score (nSPS) is 11.2. The first-order valence-corrected chi connectivity index (χ1v) is 13.4. The lowest BCUT2D eigenvalue weighted by Crippen LogP contribution is -2.22. The highest BCUT2D eigenvalue weighted by molar-refractivity contribution is 6.10. The van der Waals surface area contributed by atoms with E-state index in [0.717, 1.165) is 5.56 Å². The average molecular weight is 556 g/mol. The zero-order valence-electron chi connectivity index (χ0n) is 23.0. The van der Waals surface area contributed by atoms with Crippen LogP contribution in [-0.2, 0) is 17.7 Å². The Kier molecular flexibility index (Phi) is 7.87. The molecule has 0 aliphatic heterocycles. The van der Waals surface area contributed by atoms with E-state index in [2.05, 4.69) is 10.3 Å². The van der Waals surface area contributed by atoms with Gasteiger partial charge in [-0.15, -0.1) is 0 Å². The summed E-state index contributed by atoms with van der Waals surface area (Å²) in [5.41, 5.74) is 4.06. The number of nitrogens with zero attached hydrogens (tertiary/aromatic N) is 1. The molecule has 0 fully saturated rings. The van der Waals surface area contributed by atoms with Gasteiger partial charge in [0.2, 0.25) is 0 Å². The van der Waals surface area contributed by atoms with Crippen LogP contribution in [0.3, 0.4) is 0 Å². The Morgan fingerprint density at radius 1 is 1.10 bits per heavy atom. The smallest absolute Gasteiger partial charge is 0.340 e. The van der Waals surface area contributed by atoms with Crippen molar-refractivity contribution in [2.45, 2.75) is 39.7 Å². The summed E-state index contributed by atoms with van der Waals surface area (Å²) in [6, 6.07) is 16.3. The molecule has 1 amide bonds. The minimum absolute atomic E-state index is 0.00824. The van der Waals surface area contributed by atoms with Crippen molar-refractivity contribution in [2.24, 2.45) is 0 Å². The largest absolute Gasteiger partial charge is 0.494 e. The fraction of sp³-hybridized carbons (Fsp3) is 0.219. The number of aromatic amines is 1. The Hall–Kier alpha value is -4.92. The minimum atomic E-state index is -0.596. The number of carbonyl (C=O) groups is 2. The predicted octanol–water partition coefficient (Wildman–Crippen LogP) is 6.49. The van der Waals surface area contributed by atoms with Gasteiger partial charge in [0, 0.05) is 23.2 Å². The number of fused-ring (bicyclic) bond motifs is 1. The van der Waals surface area contributed by atoms with Crippen molar-refractivity contribution in [2.75, 3.05) is 6.61 Å². The van der Waals surface area contributed by atoms with E-state index in [4.69, 9.17) is 14.1 Å². The Balaban J connectivity index is 1.65. The van der Waals surface area contributed by atoms with Gasteiger partial charge in [0.15, 0.2) is 5.88 Å². The first kappa shape index (κ1) is 27.6. The maximum Gasteiger partial charge on any atom is 0.340 e. The molecule has 3 heterocycles. The minimum Gasteiger partial charge on any atom is -0.494 e. The van der Waals surface area contributed by atoms with E-state index in [0.29, 0.717) is 44.7 Å². The van der Waals surface area contributed by atoms with Crippen molar-refractivity contribution < 1.29 is 28.2 Å². The van der Waals surface area contributed by atoms with Crippen LogP contribution in [-0.4, -0.2) is 33.6 Å². The molecule has 0 radical (unpaired) electrons. The van der Waals surface area contributed by atoms with Crippen molar-refractivity contribution in [1.29, 1.82) is 0 Å². The van der Waals surface area contributed by atoms with Gasteiger partial charge in [-0.3, -0.25) is 4.79 Å². The third-order valence-electron chi connectivity index (χ3n) is 6.80. The van der Waals surface area contributed by atoms with Crippen LogP contribution < -0.4 is 5.32 Å². The fourth-order valence-corrected chi connectivity index (χ4v) is 4.83. The van der Waals surface area contributed by atoms with E-state index in [1.54, 1.807) is 61.7 Å². The molecule has 41 heavy (non-hydrogen) atoms. The Bertz CT molecular complexity index is 1690. The highest BCUT2D eigenvalue weighted by atomic mass is 19.1. The molecule has 0 aliphatic carbocycles. The number of pyridine rings is 1. The van der Waals surface area contributed by atoms with Gasteiger partial charge in [-0.25, -0.2) is 14.2 Å². The lowest BCUT2D eigenvalue weighted by molar-refractivity contribution is 0.0525. The lowest BCUT2D eigenvalue weighted by atomic mass is 9.92. The second-order valence-electron chi connectivity index (χ2n) is 9.94. The summed E-state index contributed by atoms with van der Waals surface area (Å²) in [7, 11) is 0. The first-order chi connectivity index (χ1) is 19.8. The number of benzene rings is 2. The van der Waals surface area contributed by atoms with Gasteiger partial charge in [-0.05, 0) is 60.4 Å². The molecule has 0 saturated carbocycles. The second kappa shape index (κ2) is 11.7. The van der Waals surface area contributed by atoms with Crippen LogP contribution in [0.15, 0.2) is 71.3 Å². The molecule has 8 nitrogen and oxygen atoms in total. The number of esters is 1. The maximum atomic E-state index is 13.6. The van der Waals surface area contributed by atoms with Gasteiger partial charge in [-0.1, -0.05) is 38.1 Å². The van der Waals surface area contributed by atoms with Crippen LogP contribution in [0.1, 0.15) is 70.1 Å². The van der Waals surface area contributed by atoms with E-state index >= 15 is 0 Å². The van der Waals surface area contributed by atoms with Gasteiger partial charge in [0.25, 0.3) is 5.91 Å². The number of H-pyrrole nitrogens is 1. The number of nitrogens with one attached hydrogen (secondary N) is 2. The molecule has 0 atom stereocenters. The lowest BCUT2D eigenvalue weighted by Gasteiger charge is -2.16. The quantitative estimate of drug-likeness (QED) is 0.179. The van der Waals surface area contributed by atoms with Gasteiger partial charge in [-0.2, -0.15) is 0 Å². The summed E-state index contributed by atoms with van der Waals surface area (Å²) in [5.74, 6) is -0.750. The van der Waals surface area contributed by atoms with Gasteiger partial charge >= 0.3 is 5.97 Å². The summed E-state index contributed by atoms with van der Waals surface area (Å²) < 4.78 is 24.4. The van der Waals surface area contributed by atoms with Crippen LogP contribution in [0.2, 0.25) is 0 Å². The van der Waals surface area contributed by atoms with E-state index in [1.165, 1.54) is 12.1 Å². The molecule has 0 saturated heterocycles. The Labute approximate surface area is 236 Å². The SMILES string of the molecule is CCOC(=O)c1c(Cc2ccc(F)cc2)nc2c(C(C)C)[nH]c(O)c2c1-c1ccc(C(=O)NCc2ccco2)cc1. The first-order valence-electron chi connectivity index (χ1n) is 13.4. The Morgan fingerprint density at radius 2 is 1.83 bits per heavy atom. The molecule has 5 aromatic rings. The number of carbonyl (C=O) groups excluding carboxylic acids is 2. The van der Waals surface area contributed by atoms with Crippen LogP contribution in [0.25, 0.3) is 22.0 Å². The molecule has 3 aromatic heterocycles. The average Bonchev–Trinajstić information content (AvgIpc) is 3.60. The topological polar surface area (TPSA) is 117 Å². The molecule has 0 bridgehead atoms. The number of aromatic nitrogens is 2. The van der Waals surface area contributed by atoms with E-state index < -0.39 is 5.97 Å². The molecule has 210 valence electrons. The third-order valence-corrected chi connectivity index (χ3v) is 6.80. The molecule has 3 N–H and O–H groups in total. The second-order valence-corrected chi connectivity index (χ2v) is 9.94. The van der Waals surface area contributed by atoms with Crippen molar-refractivity contribution in [3.05, 3.63) is 107 Å². The van der Waals surface area contributed by atoms with Crippen LogP contribution in [0.4, 0.5) is 4.39 Å². The molecule has 5 rings (SSSR count). The van der Waals surface area contributed by atoms with E-state index in [1.807, 2.05) is 13.8 Å². The molecule has 0 aliphatic rings. The molecule has 9 heteroatoms. The molecular formula is C32H30FN3O5. The molecule has 0 spiro atoms. The van der Waals surface area contributed by atoms with Crippen LogP contribution >= 0.6 is 0 Å². The van der Waals surface area contributed by atoms with Crippen molar-refractivity contribution in [3.8, 4) is 17.0 Å². The molecular weight excluding hydrogens is 525 g/mol. The van der Waals surface area contributed by atoms with Gasteiger partial charge < -0.3 is 24.6 Å².